The predicted molar refractivity (Wildman–Crippen MR) is 149 cm³/mol. The lowest BCUT2D eigenvalue weighted by Crippen LogP contribution is -2.15. The molecule has 0 amide bonds. The van der Waals surface area contributed by atoms with Gasteiger partial charge in [-0.1, -0.05) is 104 Å². The summed E-state index contributed by atoms with van der Waals surface area (Å²) >= 11 is 0. The van der Waals surface area contributed by atoms with Gasteiger partial charge in [-0.15, -0.1) is 0 Å². The van der Waals surface area contributed by atoms with Crippen molar-refractivity contribution >= 4 is 0 Å². The van der Waals surface area contributed by atoms with Gasteiger partial charge in [-0.25, -0.2) is 9.97 Å². The third kappa shape index (κ3) is 10.7. The maximum absolute atomic E-state index is 5.88. The molecule has 0 bridgehead atoms. The van der Waals surface area contributed by atoms with Gasteiger partial charge in [0, 0.05) is 18.0 Å². The Hall–Kier alpha value is -1.90. The molecule has 0 saturated heterocycles. The smallest absolute Gasteiger partial charge is 0.159 e. The largest absolute Gasteiger partial charge is 0.494 e. The lowest BCUT2D eigenvalue weighted by Gasteiger charge is -2.28. The average molecular weight is 479 g/mol. The van der Waals surface area contributed by atoms with Crippen LogP contribution in [0.4, 0.5) is 0 Å². The maximum atomic E-state index is 5.88. The molecule has 194 valence electrons. The molecule has 1 fully saturated rings. The molecule has 0 spiro atoms. The van der Waals surface area contributed by atoms with Crippen LogP contribution in [0.1, 0.15) is 122 Å². The average Bonchev–Trinajstić information content (AvgIpc) is 2.91. The van der Waals surface area contributed by atoms with Crippen molar-refractivity contribution in [3.05, 3.63) is 42.2 Å². The molecule has 0 N–H and O–H groups in total. The van der Waals surface area contributed by atoms with Crippen LogP contribution in [0.3, 0.4) is 0 Å². The van der Waals surface area contributed by atoms with Crippen LogP contribution in [0, 0.1) is 11.8 Å². The minimum absolute atomic E-state index is 0.801. The van der Waals surface area contributed by atoms with E-state index in [1.165, 1.54) is 102 Å². The molecule has 1 saturated carbocycles. The quantitative estimate of drug-likeness (QED) is 0.212. The number of rotatable bonds is 17. The summed E-state index contributed by atoms with van der Waals surface area (Å²) in [4.78, 5) is 9.32. The van der Waals surface area contributed by atoms with Gasteiger partial charge in [0.25, 0.3) is 0 Å². The van der Waals surface area contributed by atoms with Gasteiger partial charge in [0.05, 0.1) is 6.61 Å². The molecule has 0 unspecified atom stereocenters. The number of hydrogen-bond acceptors (Lipinski definition) is 3. The van der Waals surface area contributed by atoms with Crippen LogP contribution < -0.4 is 4.74 Å². The first-order chi connectivity index (χ1) is 17.3. The first-order valence-corrected chi connectivity index (χ1v) is 14.8. The molecule has 1 aromatic carbocycles. The van der Waals surface area contributed by atoms with Gasteiger partial charge in [-0.3, -0.25) is 0 Å². The maximum Gasteiger partial charge on any atom is 0.159 e. The number of aryl methyl sites for hydroxylation is 1. The molecule has 2 aromatic rings. The zero-order valence-corrected chi connectivity index (χ0v) is 22.6. The zero-order valence-electron chi connectivity index (χ0n) is 22.6. The molecule has 0 aliphatic heterocycles. The van der Waals surface area contributed by atoms with Crippen molar-refractivity contribution in [2.24, 2.45) is 11.8 Å². The first kappa shape index (κ1) is 27.7. The van der Waals surface area contributed by atoms with Crippen LogP contribution >= 0.6 is 0 Å². The monoisotopic (exact) mass is 478 g/mol. The number of benzene rings is 1. The summed E-state index contributed by atoms with van der Waals surface area (Å²) in [5.74, 6) is 3.63. The van der Waals surface area contributed by atoms with E-state index in [9.17, 15) is 0 Å². The van der Waals surface area contributed by atoms with Crippen LogP contribution in [-0.2, 0) is 6.42 Å². The molecule has 1 heterocycles. The van der Waals surface area contributed by atoms with E-state index in [1.54, 1.807) is 0 Å². The topological polar surface area (TPSA) is 35.0 Å². The normalized spacial score (nSPS) is 18.0. The minimum Gasteiger partial charge on any atom is -0.494 e. The summed E-state index contributed by atoms with van der Waals surface area (Å²) in [6.45, 7) is 5.35. The van der Waals surface area contributed by atoms with E-state index in [0.717, 1.165) is 48.4 Å². The van der Waals surface area contributed by atoms with E-state index in [1.807, 2.05) is 24.5 Å². The predicted octanol–water partition coefficient (Wildman–Crippen LogP) is 9.59. The Morgan fingerprint density at radius 1 is 0.686 bits per heavy atom. The van der Waals surface area contributed by atoms with E-state index in [2.05, 4.69) is 35.9 Å². The fourth-order valence-electron chi connectivity index (χ4n) is 5.45. The van der Waals surface area contributed by atoms with Gasteiger partial charge in [0.15, 0.2) is 5.82 Å². The third-order valence-electron chi connectivity index (χ3n) is 7.86. The molecular formula is C32H50N2O. The summed E-state index contributed by atoms with van der Waals surface area (Å²) in [7, 11) is 0. The Labute approximate surface area is 215 Å². The van der Waals surface area contributed by atoms with Crippen molar-refractivity contribution in [3.8, 4) is 17.1 Å². The van der Waals surface area contributed by atoms with Gasteiger partial charge >= 0.3 is 0 Å². The Morgan fingerprint density at radius 2 is 1.26 bits per heavy atom. The molecule has 3 heteroatoms. The second kappa shape index (κ2) is 16.7. The van der Waals surface area contributed by atoms with Crippen molar-refractivity contribution in [2.45, 2.75) is 123 Å². The second-order valence-corrected chi connectivity index (χ2v) is 10.8. The lowest BCUT2D eigenvalue weighted by molar-refractivity contribution is 0.248. The molecular weight excluding hydrogens is 428 g/mol. The Balaban J connectivity index is 1.32. The second-order valence-electron chi connectivity index (χ2n) is 10.8. The summed E-state index contributed by atoms with van der Waals surface area (Å²) < 4.78 is 5.88. The summed E-state index contributed by atoms with van der Waals surface area (Å²) in [6, 6.07) is 8.23. The summed E-state index contributed by atoms with van der Waals surface area (Å²) in [5, 5.41) is 0. The number of aromatic nitrogens is 2. The third-order valence-corrected chi connectivity index (χ3v) is 7.86. The van der Waals surface area contributed by atoms with Crippen molar-refractivity contribution in [3.63, 3.8) is 0 Å². The molecule has 0 atom stereocenters. The summed E-state index contributed by atoms with van der Waals surface area (Å²) in [6.07, 6.45) is 27.1. The number of ether oxygens (including phenoxy) is 1. The van der Waals surface area contributed by atoms with E-state index < -0.39 is 0 Å². The van der Waals surface area contributed by atoms with Crippen molar-refractivity contribution in [1.29, 1.82) is 0 Å². The van der Waals surface area contributed by atoms with Crippen molar-refractivity contribution in [2.75, 3.05) is 6.61 Å². The molecule has 1 aliphatic rings. The Kier molecular flexibility index (Phi) is 13.2. The van der Waals surface area contributed by atoms with Crippen LogP contribution in [0.15, 0.2) is 36.7 Å². The highest BCUT2D eigenvalue weighted by atomic mass is 16.5. The van der Waals surface area contributed by atoms with Crippen molar-refractivity contribution < 1.29 is 4.74 Å². The van der Waals surface area contributed by atoms with E-state index >= 15 is 0 Å². The summed E-state index contributed by atoms with van der Waals surface area (Å²) in [5.41, 5.74) is 2.33. The molecule has 1 aliphatic carbocycles. The number of nitrogens with zero attached hydrogens (tertiary/aromatic N) is 2. The minimum atomic E-state index is 0.801. The number of hydrogen-bond donors (Lipinski definition) is 0. The molecule has 3 nitrogen and oxygen atoms in total. The molecule has 35 heavy (non-hydrogen) atoms. The van der Waals surface area contributed by atoms with Crippen LogP contribution in [0.2, 0.25) is 0 Å². The van der Waals surface area contributed by atoms with E-state index in [0.29, 0.717) is 0 Å². The fraction of sp³-hybridized carbons (Fsp3) is 0.688. The van der Waals surface area contributed by atoms with Gasteiger partial charge < -0.3 is 4.74 Å². The van der Waals surface area contributed by atoms with Crippen molar-refractivity contribution in [1.82, 2.24) is 9.97 Å². The zero-order chi connectivity index (χ0) is 24.6. The van der Waals surface area contributed by atoms with Gasteiger partial charge in [0.2, 0.25) is 0 Å². The van der Waals surface area contributed by atoms with E-state index in [-0.39, 0.29) is 0 Å². The van der Waals surface area contributed by atoms with Gasteiger partial charge in [0.1, 0.15) is 5.75 Å². The molecule has 0 radical (unpaired) electrons. The Bertz CT molecular complexity index is 778. The van der Waals surface area contributed by atoms with Gasteiger partial charge in [-0.2, -0.15) is 0 Å². The van der Waals surface area contributed by atoms with Gasteiger partial charge in [-0.05, 0) is 60.9 Å². The van der Waals surface area contributed by atoms with E-state index in [4.69, 9.17) is 4.74 Å². The van der Waals surface area contributed by atoms with Crippen LogP contribution in [0.5, 0.6) is 5.75 Å². The lowest BCUT2D eigenvalue weighted by atomic mass is 9.78. The Morgan fingerprint density at radius 3 is 1.89 bits per heavy atom. The standard InChI is InChI=1S/C32H50N2O/c1-3-5-7-9-11-13-27-14-16-28(17-15-27)18-19-29-25-33-32(34-26-29)30-20-22-31(23-21-30)35-24-12-10-8-6-4-2/h20-23,25-28H,3-19,24H2,1-2H3. The van der Waals surface area contributed by atoms with Crippen LogP contribution in [-0.4, -0.2) is 16.6 Å². The SMILES string of the molecule is CCCCCCCOc1ccc(-c2ncc(CCC3CCC(CCCCCCC)CC3)cn2)cc1. The van der Waals surface area contributed by atoms with Crippen LogP contribution in [0.25, 0.3) is 11.4 Å². The highest BCUT2D eigenvalue weighted by Crippen LogP contribution is 2.34. The first-order valence-electron chi connectivity index (χ1n) is 14.8. The molecule has 3 rings (SSSR count). The highest BCUT2D eigenvalue weighted by Gasteiger charge is 2.20. The number of unbranched alkanes of at least 4 members (excludes halogenated alkanes) is 8. The fourth-order valence-corrected chi connectivity index (χ4v) is 5.45. The highest BCUT2D eigenvalue weighted by molar-refractivity contribution is 5.55. The molecule has 1 aromatic heterocycles.